The third-order valence-electron chi connectivity index (χ3n) is 3.32. The molecule has 2 unspecified atom stereocenters. The summed E-state index contributed by atoms with van der Waals surface area (Å²) in [6.45, 7) is 1.92. The molecule has 2 aliphatic rings. The van der Waals surface area contributed by atoms with E-state index in [9.17, 15) is 13.2 Å². The molecule has 11 heteroatoms. The molecule has 2 aliphatic heterocycles. The summed E-state index contributed by atoms with van der Waals surface area (Å²) in [5.74, 6) is 0.697. The van der Waals surface area contributed by atoms with Crippen molar-refractivity contribution in [2.75, 3.05) is 6.54 Å². The van der Waals surface area contributed by atoms with Gasteiger partial charge in [-0.15, -0.1) is 14.5 Å². The third kappa shape index (κ3) is 2.23. The van der Waals surface area contributed by atoms with Crippen molar-refractivity contribution in [1.29, 1.82) is 0 Å². The molecule has 3 rings (SSSR count). The van der Waals surface area contributed by atoms with Crippen molar-refractivity contribution in [2.24, 2.45) is 0 Å². The number of aromatic nitrogens is 2. The summed E-state index contributed by atoms with van der Waals surface area (Å²) in [4.78, 5) is 13.5. The molecule has 1 aromatic rings. The number of hydroxylamine groups is 2. The summed E-state index contributed by atoms with van der Waals surface area (Å²) in [7, 11) is -4.73. The van der Waals surface area contributed by atoms with E-state index in [2.05, 4.69) is 14.5 Å². The van der Waals surface area contributed by atoms with Crippen molar-refractivity contribution in [3.05, 3.63) is 11.8 Å². The number of fused-ring (bicyclic) bond motifs is 2. The first kappa shape index (κ1) is 13.3. The van der Waals surface area contributed by atoms with Crippen LogP contribution in [0.5, 0.6) is 0 Å². The first-order chi connectivity index (χ1) is 9.35. The van der Waals surface area contributed by atoms with Gasteiger partial charge in [0.25, 0.3) is 0 Å². The topological polar surface area (TPSA) is 126 Å². The maximum Gasteiger partial charge on any atom is 0.418 e. The summed E-state index contributed by atoms with van der Waals surface area (Å²) >= 11 is 0. The molecule has 2 amide bonds. The van der Waals surface area contributed by atoms with Gasteiger partial charge in [-0.1, -0.05) is 0 Å². The van der Waals surface area contributed by atoms with E-state index in [0.29, 0.717) is 29.7 Å². The van der Waals surface area contributed by atoms with E-state index >= 15 is 0 Å². The largest absolute Gasteiger partial charge is 0.423 e. The molecular weight excluding hydrogens is 292 g/mol. The van der Waals surface area contributed by atoms with Gasteiger partial charge < -0.3 is 9.32 Å². The Hall–Kier alpha value is -1.72. The van der Waals surface area contributed by atoms with Gasteiger partial charge in [-0.25, -0.2) is 4.79 Å². The Morgan fingerprint density at radius 3 is 2.75 bits per heavy atom. The van der Waals surface area contributed by atoms with E-state index in [1.165, 1.54) is 4.90 Å². The van der Waals surface area contributed by atoms with E-state index in [0.717, 1.165) is 0 Å². The molecule has 110 valence electrons. The highest BCUT2D eigenvalue weighted by Gasteiger charge is 2.49. The standard InChI is InChI=1S/C9H12N4O6S/c1-5-10-11-8(18-5)7-3-2-6-4-12(7)9(14)13(6)19-20(15,16)17/h6-7H,2-4H2,1H3,(H,15,16,17). The Kier molecular flexibility index (Phi) is 2.92. The van der Waals surface area contributed by atoms with Gasteiger partial charge in [0.2, 0.25) is 11.8 Å². The van der Waals surface area contributed by atoms with Crippen LogP contribution < -0.4 is 0 Å². The maximum absolute atomic E-state index is 12.1. The van der Waals surface area contributed by atoms with E-state index in [1.54, 1.807) is 6.92 Å². The Bertz CT molecular complexity index is 643. The van der Waals surface area contributed by atoms with Crippen LogP contribution in [0.25, 0.3) is 0 Å². The van der Waals surface area contributed by atoms with Crippen molar-refractivity contribution in [1.82, 2.24) is 20.2 Å². The lowest BCUT2D eigenvalue weighted by molar-refractivity contribution is -0.0317. The van der Waals surface area contributed by atoms with E-state index in [1.807, 2.05) is 0 Å². The highest BCUT2D eigenvalue weighted by molar-refractivity contribution is 7.80. The van der Waals surface area contributed by atoms with Crippen LogP contribution in [0.4, 0.5) is 4.79 Å². The van der Waals surface area contributed by atoms with Crippen LogP contribution >= 0.6 is 0 Å². The normalized spacial score (nSPS) is 26.4. The van der Waals surface area contributed by atoms with Crippen molar-refractivity contribution >= 4 is 16.4 Å². The molecule has 0 aromatic carbocycles. The molecule has 10 nitrogen and oxygen atoms in total. The number of urea groups is 1. The minimum absolute atomic E-state index is 0.278. The highest BCUT2D eigenvalue weighted by atomic mass is 32.3. The second-order valence-corrected chi connectivity index (χ2v) is 5.67. The fourth-order valence-electron chi connectivity index (χ4n) is 2.53. The zero-order valence-electron chi connectivity index (χ0n) is 10.5. The number of hydrogen-bond donors (Lipinski definition) is 1. The number of piperidine rings is 1. The molecule has 0 spiro atoms. The number of rotatable bonds is 3. The van der Waals surface area contributed by atoms with Gasteiger partial charge in [-0.3, -0.25) is 4.55 Å². The van der Waals surface area contributed by atoms with E-state index < -0.39 is 28.5 Å². The van der Waals surface area contributed by atoms with Gasteiger partial charge in [0.15, 0.2) is 0 Å². The van der Waals surface area contributed by atoms with Gasteiger partial charge in [-0.05, 0) is 12.8 Å². The van der Waals surface area contributed by atoms with Crippen molar-refractivity contribution in [2.45, 2.75) is 31.8 Å². The monoisotopic (exact) mass is 304 g/mol. The minimum atomic E-state index is -4.73. The van der Waals surface area contributed by atoms with Crippen LogP contribution in [0.1, 0.15) is 30.7 Å². The SMILES string of the molecule is Cc1nnc(C2CCC3CN2C(=O)N3OS(=O)(=O)O)o1. The molecule has 0 saturated carbocycles. The smallest absolute Gasteiger partial charge is 0.418 e. The molecule has 2 atom stereocenters. The fourth-order valence-corrected chi connectivity index (χ4v) is 2.92. The molecule has 1 N–H and O–H groups in total. The van der Waals surface area contributed by atoms with Gasteiger partial charge >= 0.3 is 16.4 Å². The van der Waals surface area contributed by atoms with Crippen LogP contribution in [-0.2, 0) is 14.7 Å². The predicted octanol–water partition coefficient (Wildman–Crippen LogP) is 0.0535. The number of carbonyl (C=O) groups is 1. The highest BCUT2D eigenvalue weighted by Crippen LogP contribution is 2.38. The lowest BCUT2D eigenvalue weighted by atomic mass is 10.0. The minimum Gasteiger partial charge on any atom is -0.423 e. The first-order valence-corrected chi connectivity index (χ1v) is 7.28. The van der Waals surface area contributed by atoms with Crippen molar-refractivity contribution in [3.63, 3.8) is 0 Å². The average Bonchev–Trinajstić information content (AvgIpc) is 2.88. The van der Waals surface area contributed by atoms with Crippen molar-refractivity contribution in [3.8, 4) is 0 Å². The number of carbonyl (C=O) groups excluding carboxylic acids is 1. The Labute approximate surface area is 114 Å². The predicted molar refractivity (Wildman–Crippen MR) is 61.4 cm³/mol. The molecule has 2 bridgehead atoms. The van der Waals surface area contributed by atoms with Crippen LogP contribution in [0.3, 0.4) is 0 Å². The molecule has 2 fully saturated rings. The quantitative estimate of drug-likeness (QED) is 0.776. The lowest BCUT2D eigenvalue weighted by Crippen LogP contribution is -2.35. The summed E-state index contributed by atoms with van der Waals surface area (Å²) in [6, 6.07) is -1.48. The number of nitrogens with zero attached hydrogens (tertiary/aromatic N) is 4. The molecule has 3 heterocycles. The number of aryl methyl sites for hydroxylation is 1. The number of amides is 2. The molecule has 0 aliphatic carbocycles. The lowest BCUT2D eigenvalue weighted by Gasteiger charge is -2.27. The van der Waals surface area contributed by atoms with Crippen LogP contribution in [0.2, 0.25) is 0 Å². The Morgan fingerprint density at radius 2 is 2.15 bits per heavy atom. The number of hydrogen-bond acceptors (Lipinski definition) is 7. The summed E-state index contributed by atoms with van der Waals surface area (Å²) in [6.07, 6.45) is 1.05. The molecular formula is C9H12N4O6S. The molecule has 20 heavy (non-hydrogen) atoms. The zero-order chi connectivity index (χ0) is 14.5. The molecule has 2 saturated heterocycles. The van der Waals surface area contributed by atoms with Gasteiger partial charge in [0.1, 0.15) is 6.04 Å². The van der Waals surface area contributed by atoms with Crippen molar-refractivity contribution < 1.29 is 26.5 Å². The summed E-state index contributed by atoms with van der Waals surface area (Å²) in [5.41, 5.74) is 0. The summed E-state index contributed by atoms with van der Waals surface area (Å²) in [5, 5.41) is 8.27. The second kappa shape index (κ2) is 4.40. The Balaban J connectivity index is 1.84. The van der Waals surface area contributed by atoms with E-state index in [4.69, 9.17) is 8.97 Å². The van der Waals surface area contributed by atoms with Gasteiger partial charge in [0.05, 0.1) is 6.04 Å². The fraction of sp³-hybridized carbons (Fsp3) is 0.667. The van der Waals surface area contributed by atoms with Gasteiger partial charge in [0, 0.05) is 13.5 Å². The van der Waals surface area contributed by atoms with Crippen LogP contribution in [0, 0.1) is 6.92 Å². The Morgan fingerprint density at radius 1 is 1.40 bits per heavy atom. The average molecular weight is 304 g/mol. The van der Waals surface area contributed by atoms with Gasteiger partial charge in [-0.2, -0.15) is 13.5 Å². The maximum atomic E-state index is 12.1. The van der Waals surface area contributed by atoms with E-state index in [-0.39, 0.29) is 6.54 Å². The molecule has 1 aromatic heterocycles. The van der Waals surface area contributed by atoms with Crippen LogP contribution in [0.15, 0.2) is 4.42 Å². The van der Waals surface area contributed by atoms with Crippen LogP contribution in [-0.4, -0.2) is 51.7 Å². The second-order valence-electron chi connectivity index (χ2n) is 4.67. The first-order valence-electron chi connectivity index (χ1n) is 5.92. The third-order valence-corrected chi connectivity index (χ3v) is 3.67. The zero-order valence-corrected chi connectivity index (χ0v) is 11.3. The molecule has 0 radical (unpaired) electrons. The summed E-state index contributed by atoms with van der Waals surface area (Å²) < 4.78 is 39.8.